The van der Waals surface area contributed by atoms with Crippen LogP contribution in [0.15, 0.2) is 36.4 Å². The van der Waals surface area contributed by atoms with Crippen molar-refractivity contribution in [1.82, 2.24) is 9.55 Å². The van der Waals surface area contributed by atoms with E-state index in [9.17, 15) is 4.39 Å². The van der Waals surface area contributed by atoms with Gasteiger partial charge in [0.1, 0.15) is 5.82 Å². The predicted molar refractivity (Wildman–Crippen MR) is 78.2 cm³/mol. The molecule has 0 fully saturated rings. The Morgan fingerprint density at radius 2 is 2.00 bits per heavy atom. The number of fused-ring (bicyclic) bond motifs is 1. The quantitative estimate of drug-likeness (QED) is 0.640. The van der Waals surface area contributed by atoms with Crippen LogP contribution in [0.4, 0.5) is 4.39 Å². The van der Waals surface area contributed by atoms with Crippen molar-refractivity contribution in [2.75, 3.05) is 0 Å². The molecule has 96 valence electrons. The van der Waals surface area contributed by atoms with Crippen molar-refractivity contribution < 1.29 is 4.39 Å². The molecule has 0 saturated heterocycles. The number of halogens is 2. The maximum Gasteiger partial charge on any atom is 0.182 e. The summed E-state index contributed by atoms with van der Waals surface area (Å²) in [5.41, 5.74) is 3.78. The highest BCUT2D eigenvalue weighted by Gasteiger charge is 2.08. The second-order valence-electron chi connectivity index (χ2n) is 4.38. The highest BCUT2D eigenvalue weighted by molar-refractivity contribution is 7.71. The summed E-state index contributed by atoms with van der Waals surface area (Å²) in [6, 6.07) is 10.6. The van der Waals surface area contributed by atoms with Gasteiger partial charge in [0, 0.05) is 0 Å². The van der Waals surface area contributed by atoms with Gasteiger partial charge in [-0.25, -0.2) is 4.39 Å². The molecular formula is C14H10ClFN2S. The lowest BCUT2D eigenvalue weighted by atomic mass is 10.2. The minimum Gasteiger partial charge on any atom is -0.330 e. The van der Waals surface area contributed by atoms with Crippen molar-refractivity contribution in [2.24, 2.45) is 0 Å². The fourth-order valence-corrected chi connectivity index (χ4v) is 2.59. The standard InChI is InChI=1S/C14H10ClFN2S/c1-8-2-5-13-12(6-8)17-14(19)18(13)9-3-4-11(16)10(15)7-9/h2-7H,1H3,(H,17,19). The molecule has 1 heterocycles. The van der Waals surface area contributed by atoms with Crippen LogP contribution in [0.1, 0.15) is 5.56 Å². The van der Waals surface area contributed by atoms with Gasteiger partial charge in [-0.1, -0.05) is 17.7 Å². The fourth-order valence-electron chi connectivity index (χ4n) is 2.11. The molecule has 0 spiro atoms. The molecule has 0 saturated carbocycles. The molecule has 3 rings (SSSR count). The van der Waals surface area contributed by atoms with E-state index in [1.54, 1.807) is 12.1 Å². The fraction of sp³-hybridized carbons (Fsp3) is 0.0714. The molecule has 0 unspecified atom stereocenters. The van der Waals surface area contributed by atoms with Crippen LogP contribution in [0.2, 0.25) is 5.02 Å². The Hall–Kier alpha value is -1.65. The van der Waals surface area contributed by atoms with E-state index in [0.29, 0.717) is 4.77 Å². The van der Waals surface area contributed by atoms with E-state index >= 15 is 0 Å². The Morgan fingerprint density at radius 3 is 2.74 bits per heavy atom. The molecule has 0 radical (unpaired) electrons. The molecule has 3 aromatic rings. The number of aryl methyl sites for hydroxylation is 1. The largest absolute Gasteiger partial charge is 0.330 e. The van der Waals surface area contributed by atoms with Gasteiger partial charge in [0.2, 0.25) is 0 Å². The van der Waals surface area contributed by atoms with E-state index in [4.69, 9.17) is 23.8 Å². The summed E-state index contributed by atoms with van der Waals surface area (Å²) in [6.45, 7) is 2.02. The second-order valence-corrected chi connectivity index (χ2v) is 5.18. The summed E-state index contributed by atoms with van der Waals surface area (Å²) >= 11 is 11.2. The van der Waals surface area contributed by atoms with Crippen LogP contribution >= 0.6 is 23.8 Å². The van der Waals surface area contributed by atoms with Crippen LogP contribution in [0.3, 0.4) is 0 Å². The number of H-pyrrole nitrogens is 1. The first-order chi connectivity index (χ1) is 9.06. The van der Waals surface area contributed by atoms with Crippen LogP contribution in [0.25, 0.3) is 16.7 Å². The second kappa shape index (κ2) is 4.47. The lowest BCUT2D eigenvalue weighted by Gasteiger charge is -2.05. The van der Waals surface area contributed by atoms with Crippen LogP contribution in [-0.4, -0.2) is 9.55 Å². The molecular weight excluding hydrogens is 283 g/mol. The Balaban J connectivity index is 2.32. The summed E-state index contributed by atoms with van der Waals surface area (Å²) in [6.07, 6.45) is 0. The molecule has 1 aromatic heterocycles. The maximum atomic E-state index is 13.2. The van der Waals surface area contributed by atoms with Crippen LogP contribution in [0.5, 0.6) is 0 Å². The van der Waals surface area contributed by atoms with E-state index in [-0.39, 0.29) is 5.02 Å². The van der Waals surface area contributed by atoms with E-state index < -0.39 is 5.82 Å². The first kappa shape index (κ1) is 12.4. The van der Waals surface area contributed by atoms with Gasteiger partial charge < -0.3 is 4.98 Å². The lowest BCUT2D eigenvalue weighted by Crippen LogP contribution is -1.94. The molecule has 2 aromatic carbocycles. The number of hydrogen-bond acceptors (Lipinski definition) is 1. The molecule has 0 aliphatic heterocycles. The van der Waals surface area contributed by atoms with Gasteiger partial charge in [0.25, 0.3) is 0 Å². The molecule has 0 amide bonds. The van der Waals surface area contributed by atoms with Gasteiger partial charge in [0.05, 0.1) is 21.7 Å². The Labute approximate surface area is 119 Å². The Bertz CT molecular complexity index is 835. The molecule has 1 N–H and O–H groups in total. The maximum absolute atomic E-state index is 13.2. The Kier molecular flexibility index (Phi) is 2.92. The minimum atomic E-state index is -0.437. The van der Waals surface area contributed by atoms with E-state index in [1.165, 1.54) is 6.07 Å². The van der Waals surface area contributed by atoms with Crippen molar-refractivity contribution in [1.29, 1.82) is 0 Å². The van der Waals surface area contributed by atoms with Crippen molar-refractivity contribution in [3.8, 4) is 5.69 Å². The van der Waals surface area contributed by atoms with E-state index in [2.05, 4.69) is 4.98 Å². The third-order valence-corrected chi connectivity index (χ3v) is 3.57. The predicted octanol–water partition coefficient (Wildman–Crippen LogP) is 4.79. The zero-order chi connectivity index (χ0) is 13.6. The summed E-state index contributed by atoms with van der Waals surface area (Å²) in [5.74, 6) is -0.437. The summed E-state index contributed by atoms with van der Waals surface area (Å²) in [5, 5.41) is 0.0841. The first-order valence-electron chi connectivity index (χ1n) is 5.73. The van der Waals surface area contributed by atoms with Crippen molar-refractivity contribution >= 4 is 34.9 Å². The SMILES string of the molecule is Cc1ccc2c(c1)[nH]c(=S)n2-c1ccc(F)c(Cl)c1. The van der Waals surface area contributed by atoms with E-state index in [1.807, 2.05) is 29.7 Å². The summed E-state index contributed by atoms with van der Waals surface area (Å²) in [7, 11) is 0. The third kappa shape index (κ3) is 2.07. The zero-order valence-corrected chi connectivity index (χ0v) is 11.6. The number of nitrogens with one attached hydrogen (secondary N) is 1. The number of hydrogen-bond donors (Lipinski definition) is 1. The normalized spacial score (nSPS) is 11.1. The summed E-state index contributed by atoms with van der Waals surface area (Å²) in [4.78, 5) is 3.14. The lowest BCUT2D eigenvalue weighted by molar-refractivity contribution is 0.628. The number of nitrogens with zero attached hydrogens (tertiary/aromatic N) is 1. The zero-order valence-electron chi connectivity index (χ0n) is 10.1. The average molecular weight is 293 g/mol. The van der Waals surface area contributed by atoms with Gasteiger partial charge in [-0.05, 0) is 55.0 Å². The molecule has 0 aliphatic rings. The number of aromatic nitrogens is 2. The smallest absolute Gasteiger partial charge is 0.182 e. The highest BCUT2D eigenvalue weighted by Crippen LogP contribution is 2.24. The van der Waals surface area contributed by atoms with Gasteiger partial charge in [-0.2, -0.15) is 0 Å². The van der Waals surface area contributed by atoms with Gasteiger partial charge in [-0.15, -0.1) is 0 Å². The molecule has 19 heavy (non-hydrogen) atoms. The van der Waals surface area contributed by atoms with Crippen LogP contribution in [-0.2, 0) is 0 Å². The molecule has 2 nitrogen and oxygen atoms in total. The van der Waals surface area contributed by atoms with Gasteiger partial charge in [0.15, 0.2) is 4.77 Å². The highest BCUT2D eigenvalue weighted by atomic mass is 35.5. The molecule has 0 atom stereocenters. The first-order valence-corrected chi connectivity index (χ1v) is 6.52. The molecule has 0 aliphatic carbocycles. The summed E-state index contributed by atoms with van der Waals surface area (Å²) < 4.78 is 15.6. The van der Waals surface area contributed by atoms with Crippen molar-refractivity contribution in [3.63, 3.8) is 0 Å². The van der Waals surface area contributed by atoms with Crippen molar-refractivity contribution in [3.05, 3.63) is 57.6 Å². The topological polar surface area (TPSA) is 20.7 Å². The number of rotatable bonds is 1. The number of benzene rings is 2. The van der Waals surface area contributed by atoms with Crippen LogP contribution in [0, 0.1) is 17.5 Å². The monoisotopic (exact) mass is 292 g/mol. The number of aromatic amines is 1. The van der Waals surface area contributed by atoms with Crippen molar-refractivity contribution in [2.45, 2.75) is 6.92 Å². The number of imidazole rings is 1. The minimum absolute atomic E-state index is 0.0841. The van der Waals surface area contributed by atoms with E-state index in [0.717, 1.165) is 22.3 Å². The third-order valence-electron chi connectivity index (χ3n) is 3.00. The average Bonchev–Trinajstić information content (AvgIpc) is 2.68. The van der Waals surface area contributed by atoms with Crippen LogP contribution < -0.4 is 0 Å². The molecule has 5 heteroatoms. The van der Waals surface area contributed by atoms with Gasteiger partial charge >= 0.3 is 0 Å². The van der Waals surface area contributed by atoms with Gasteiger partial charge in [-0.3, -0.25) is 4.57 Å². The molecule has 0 bridgehead atoms. The Morgan fingerprint density at radius 1 is 1.21 bits per heavy atom.